The lowest BCUT2D eigenvalue weighted by Gasteiger charge is -2.25. The monoisotopic (exact) mass is 521 g/mol. The lowest BCUT2D eigenvalue weighted by molar-refractivity contribution is -0.144. The summed E-state index contributed by atoms with van der Waals surface area (Å²) in [5.41, 5.74) is 12.4. The highest BCUT2D eigenvalue weighted by atomic mass is 16.4. The number of unbranched alkanes of at least 4 members (excludes halogenated alkanes) is 1. The van der Waals surface area contributed by atoms with E-state index in [2.05, 4.69) is 16.0 Å². The van der Waals surface area contributed by atoms with Crippen molar-refractivity contribution < 1.29 is 34.2 Å². The molecule has 1 aromatic rings. The Kier molecular flexibility index (Phi) is 13.9. The summed E-state index contributed by atoms with van der Waals surface area (Å²) in [5.74, 6) is -5.02. The third-order valence-corrected chi connectivity index (χ3v) is 5.55. The zero-order valence-corrected chi connectivity index (χ0v) is 21.3. The number of carboxylic acids is 2. The van der Waals surface area contributed by atoms with Gasteiger partial charge in [0.15, 0.2) is 0 Å². The van der Waals surface area contributed by atoms with E-state index in [1.807, 2.05) is 30.3 Å². The molecule has 0 aliphatic heterocycles. The highest BCUT2D eigenvalue weighted by molar-refractivity contribution is 5.95. The molecule has 4 atom stereocenters. The summed E-state index contributed by atoms with van der Waals surface area (Å²) in [6, 6.07) is 4.24. The van der Waals surface area contributed by atoms with Gasteiger partial charge >= 0.3 is 11.9 Å². The largest absolute Gasteiger partial charge is 0.481 e. The van der Waals surface area contributed by atoms with Crippen molar-refractivity contribution in [2.24, 2.45) is 17.4 Å². The molecule has 4 unspecified atom stereocenters. The van der Waals surface area contributed by atoms with Crippen LogP contribution < -0.4 is 27.4 Å². The summed E-state index contributed by atoms with van der Waals surface area (Å²) in [4.78, 5) is 61.4. The van der Waals surface area contributed by atoms with E-state index in [9.17, 15) is 34.2 Å². The van der Waals surface area contributed by atoms with Gasteiger partial charge in [0.2, 0.25) is 17.7 Å². The smallest absolute Gasteiger partial charge is 0.326 e. The Balaban J connectivity index is 2.97. The Morgan fingerprint density at radius 3 is 1.95 bits per heavy atom. The van der Waals surface area contributed by atoms with E-state index in [1.165, 1.54) is 0 Å². The van der Waals surface area contributed by atoms with E-state index < -0.39 is 60.2 Å². The molecule has 1 rings (SSSR count). The Hall–Kier alpha value is -3.51. The highest BCUT2D eigenvalue weighted by Crippen LogP contribution is 2.08. The number of benzene rings is 1. The highest BCUT2D eigenvalue weighted by Gasteiger charge is 2.31. The lowest BCUT2D eigenvalue weighted by Crippen LogP contribution is -2.57. The van der Waals surface area contributed by atoms with Crippen molar-refractivity contribution in [2.45, 2.75) is 76.5 Å². The molecule has 0 saturated heterocycles. The van der Waals surface area contributed by atoms with Crippen molar-refractivity contribution in [3.63, 3.8) is 0 Å². The average molecular weight is 522 g/mol. The van der Waals surface area contributed by atoms with Crippen molar-refractivity contribution in [1.82, 2.24) is 16.0 Å². The maximum Gasteiger partial charge on any atom is 0.326 e. The predicted molar refractivity (Wildman–Crippen MR) is 136 cm³/mol. The second kappa shape index (κ2) is 16.3. The van der Waals surface area contributed by atoms with Crippen LogP contribution in [0.5, 0.6) is 0 Å². The molecule has 0 aliphatic rings. The molecule has 12 heteroatoms. The summed E-state index contributed by atoms with van der Waals surface area (Å²) in [7, 11) is 0. The number of hydrogen-bond acceptors (Lipinski definition) is 7. The van der Waals surface area contributed by atoms with Gasteiger partial charge < -0.3 is 37.6 Å². The van der Waals surface area contributed by atoms with E-state index in [-0.39, 0.29) is 25.2 Å². The van der Waals surface area contributed by atoms with Crippen LogP contribution >= 0.6 is 0 Å². The van der Waals surface area contributed by atoms with E-state index in [4.69, 9.17) is 11.5 Å². The first-order chi connectivity index (χ1) is 17.4. The topological polar surface area (TPSA) is 214 Å². The maximum absolute atomic E-state index is 13.1. The van der Waals surface area contributed by atoms with Crippen LogP contribution in [0.25, 0.3) is 0 Å². The van der Waals surface area contributed by atoms with Crippen LogP contribution in [-0.4, -0.2) is 70.6 Å². The summed E-state index contributed by atoms with van der Waals surface area (Å²) < 4.78 is 0. The Morgan fingerprint density at radius 1 is 0.838 bits per heavy atom. The number of carbonyl (C=O) groups is 5. The quantitative estimate of drug-likeness (QED) is 0.134. The second-order valence-corrected chi connectivity index (χ2v) is 9.33. The molecule has 206 valence electrons. The van der Waals surface area contributed by atoms with E-state index in [1.54, 1.807) is 13.8 Å². The molecule has 3 amide bonds. The van der Waals surface area contributed by atoms with E-state index >= 15 is 0 Å². The third-order valence-electron chi connectivity index (χ3n) is 5.55. The number of amides is 3. The normalized spacial score (nSPS) is 14.2. The number of hydrogen-bond donors (Lipinski definition) is 7. The van der Waals surface area contributed by atoms with Crippen LogP contribution in [0.2, 0.25) is 0 Å². The zero-order chi connectivity index (χ0) is 28.0. The molecule has 1 aromatic carbocycles. The van der Waals surface area contributed by atoms with E-state index in [0.717, 1.165) is 5.56 Å². The van der Waals surface area contributed by atoms with Gasteiger partial charge in [0, 0.05) is 0 Å². The molecule has 0 bridgehead atoms. The summed E-state index contributed by atoms with van der Waals surface area (Å²) in [6.07, 6.45) is 0.812. The number of nitrogens with one attached hydrogen (secondary N) is 3. The first kappa shape index (κ1) is 31.5. The first-order valence-corrected chi connectivity index (χ1v) is 12.3. The standard InChI is InChI=1S/C25H39N5O7/c1-15(2)12-20(25(36)37)30-24(35)19(14-21(31)32)29-23(34)18(10-6-7-11-26)28-22(33)17(27)13-16-8-4-3-5-9-16/h3-5,8-9,15,17-20H,6-7,10-14,26-27H2,1-2H3,(H,28,33)(H,29,34)(H,30,35)(H,31,32)(H,36,37). The Morgan fingerprint density at radius 2 is 1.41 bits per heavy atom. The molecule has 0 spiro atoms. The van der Waals surface area contributed by atoms with Crippen molar-refractivity contribution in [1.29, 1.82) is 0 Å². The minimum Gasteiger partial charge on any atom is -0.481 e. The van der Waals surface area contributed by atoms with Gasteiger partial charge in [0.1, 0.15) is 18.1 Å². The molecule has 9 N–H and O–H groups in total. The van der Waals surface area contributed by atoms with Crippen LogP contribution in [0, 0.1) is 5.92 Å². The molecule has 0 saturated carbocycles. The number of carboxylic acid groups (broad SMARTS) is 2. The zero-order valence-electron chi connectivity index (χ0n) is 21.3. The molecule has 0 aliphatic carbocycles. The third kappa shape index (κ3) is 12.3. The minimum atomic E-state index is -1.55. The Bertz CT molecular complexity index is 910. The second-order valence-electron chi connectivity index (χ2n) is 9.33. The number of rotatable bonds is 17. The van der Waals surface area contributed by atoms with Gasteiger partial charge in [-0.05, 0) is 50.1 Å². The molecule has 0 radical (unpaired) electrons. The van der Waals surface area contributed by atoms with Crippen LogP contribution in [0.3, 0.4) is 0 Å². The molecular weight excluding hydrogens is 482 g/mol. The number of aliphatic carboxylic acids is 2. The fourth-order valence-corrected chi connectivity index (χ4v) is 3.62. The average Bonchev–Trinajstić information content (AvgIpc) is 2.82. The first-order valence-electron chi connectivity index (χ1n) is 12.3. The van der Waals surface area contributed by atoms with Gasteiger partial charge in [0.25, 0.3) is 0 Å². The molecule has 0 aromatic heterocycles. The minimum absolute atomic E-state index is 0.0591. The van der Waals surface area contributed by atoms with Gasteiger partial charge in [-0.1, -0.05) is 44.2 Å². The maximum atomic E-state index is 13.1. The molecule has 37 heavy (non-hydrogen) atoms. The SMILES string of the molecule is CC(C)CC(NC(=O)C(CC(=O)O)NC(=O)C(CCCCN)NC(=O)C(N)Cc1ccccc1)C(=O)O. The van der Waals surface area contributed by atoms with Gasteiger partial charge in [-0.3, -0.25) is 19.2 Å². The van der Waals surface area contributed by atoms with Gasteiger partial charge in [-0.15, -0.1) is 0 Å². The van der Waals surface area contributed by atoms with Crippen LogP contribution in [0.4, 0.5) is 0 Å². The fraction of sp³-hybridized carbons (Fsp3) is 0.560. The fourth-order valence-electron chi connectivity index (χ4n) is 3.62. The lowest BCUT2D eigenvalue weighted by atomic mass is 10.0. The molecular formula is C25H39N5O7. The van der Waals surface area contributed by atoms with Crippen LogP contribution in [0.1, 0.15) is 51.5 Å². The van der Waals surface area contributed by atoms with Crippen LogP contribution in [0.15, 0.2) is 30.3 Å². The van der Waals surface area contributed by atoms with Crippen molar-refractivity contribution >= 4 is 29.7 Å². The molecule has 12 nitrogen and oxygen atoms in total. The summed E-state index contributed by atoms with van der Waals surface area (Å²) >= 11 is 0. The molecule has 0 fully saturated rings. The molecule has 0 heterocycles. The van der Waals surface area contributed by atoms with Gasteiger partial charge in [0.05, 0.1) is 12.5 Å². The number of carbonyl (C=O) groups excluding carboxylic acids is 3. The van der Waals surface area contributed by atoms with Crippen molar-refractivity contribution in [2.75, 3.05) is 6.54 Å². The van der Waals surface area contributed by atoms with Crippen molar-refractivity contribution in [3.8, 4) is 0 Å². The number of nitrogens with two attached hydrogens (primary N) is 2. The summed E-state index contributed by atoms with van der Waals surface area (Å²) in [6.45, 7) is 3.91. The van der Waals surface area contributed by atoms with Gasteiger partial charge in [-0.2, -0.15) is 0 Å². The van der Waals surface area contributed by atoms with Crippen molar-refractivity contribution in [3.05, 3.63) is 35.9 Å². The predicted octanol–water partition coefficient (Wildman–Crippen LogP) is -0.255. The van der Waals surface area contributed by atoms with Gasteiger partial charge in [-0.25, -0.2) is 4.79 Å². The summed E-state index contributed by atoms with van der Waals surface area (Å²) in [5, 5.41) is 25.9. The Labute approximate surface area is 216 Å². The van der Waals surface area contributed by atoms with Crippen LogP contribution in [-0.2, 0) is 30.4 Å². The van der Waals surface area contributed by atoms with E-state index in [0.29, 0.717) is 19.4 Å².